The maximum Gasteiger partial charge on any atom is 0.269 e. The van der Waals surface area contributed by atoms with Gasteiger partial charge in [0, 0.05) is 29.9 Å². The normalized spacial score (nSPS) is 17.0. The second kappa shape index (κ2) is 9.58. The molecule has 2 N–H and O–H groups in total. The molecule has 196 valence electrons. The highest BCUT2D eigenvalue weighted by molar-refractivity contribution is 7.90. The molecule has 1 amide bonds. The van der Waals surface area contributed by atoms with Gasteiger partial charge in [0.2, 0.25) is 0 Å². The van der Waals surface area contributed by atoms with Crippen LogP contribution in [0.1, 0.15) is 37.6 Å². The van der Waals surface area contributed by atoms with E-state index in [0.29, 0.717) is 6.54 Å². The Kier molecular flexibility index (Phi) is 6.80. The number of nitrogens with zero attached hydrogens (tertiary/aromatic N) is 2. The highest BCUT2D eigenvalue weighted by Gasteiger charge is 2.39. The SMILES string of the molecule is COc1cc(F)c(-c2ccc(C(=O)NS(=O)(=O)c3ccc[nH]c3=O)c(N3C[C@@H](C)CC3(C)C)n2)cc1F. The molecule has 1 aromatic carbocycles. The van der Waals surface area contributed by atoms with Gasteiger partial charge in [-0.05, 0) is 56.5 Å². The van der Waals surface area contributed by atoms with Crippen LogP contribution in [0.3, 0.4) is 0 Å². The third-order valence-electron chi connectivity index (χ3n) is 6.26. The molecule has 0 bridgehead atoms. The van der Waals surface area contributed by atoms with Gasteiger partial charge in [-0.2, -0.15) is 0 Å². The largest absolute Gasteiger partial charge is 0.494 e. The van der Waals surface area contributed by atoms with Crippen molar-refractivity contribution in [2.24, 2.45) is 5.92 Å². The summed E-state index contributed by atoms with van der Waals surface area (Å²) in [6, 6.07) is 6.85. The van der Waals surface area contributed by atoms with E-state index < -0.39 is 43.6 Å². The van der Waals surface area contributed by atoms with Gasteiger partial charge in [-0.3, -0.25) is 9.59 Å². The van der Waals surface area contributed by atoms with Crippen LogP contribution < -0.4 is 19.9 Å². The van der Waals surface area contributed by atoms with Gasteiger partial charge >= 0.3 is 0 Å². The second-order valence-electron chi connectivity index (χ2n) is 9.56. The lowest BCUT2D eigenvalue weighted by molar-refractivity contribution is 0.0981. The molecule has 1 aliphatic rings. The number of methoxy groups -OCH3 is 1. The molecule has 3 heterocycles. The standard InChI is InChI=1S/C25H26F2N4O5S/c1-14-12-25(2,3)31(13-14)22-15(23(32)30-37(34,35)21-6-5-9-28-24(21)33)7-8-19(29-22)16-10-18(27)20(36-4)11-17(16)26/h5-11,14H,12-13H2,1-4H3,(H,28,33)(H,30,32)/t14-/m0/s1. The number of amides is 1. The smallest absolute Gasteiger partial charge is 0.269 e. The van der Waals surface area contributed by atoms with Crippen LogP contribution >= 0.6 is 0 Å². The van der Waals surface area contributed by atoms with E-state index in [9.17, 15) is 26.8 Å². The van der Waals surface area contributed by atoms with Crippen molar-refractivity contribution < 1.29 is 26.7 Å². The first-order chi connectivity index (χ1) is 17.3. The van der Waals surface area contributed by atoms with Crippen LogP contribution in [-0.2, 0) is 10.0 Å². The molecule has 1 saturated heterocycles. The Bertz CT molecular complexity index is 1540. The number of nitrogens with one attached hydrogen (secondary N) is 2. The van der Waals surface area contributed by atoms with E-state index in [-0.39, 0.29) is 34.3 Å². The average molecular weight is 533 g/mol. The fourth-order valence-electron chi connectivity index (χ4n) is 4.67. The van der Waals surface area contributed by atoms with Crippen molar-refractivity contribution in [1.29, 1.82) is 0 Å². The van der Waals surface area contributed by atoms with Crippen molar-refractivity contribution >= 4 is 21.7 Å². The van der Waals surface area contributed by atoms with E-state index in [0.717, 1.165) is 24.6 Å². The van der Waals surface area contributed by atoms with Crippen molar-refractivity contribution in [3.05, 3.63) is 70.1 Å². The minimum Gasteiger partial charge on any atom is -0.494 e. The van der Waals surface area contributed by atoms with E-state index in [1.807, 2.05) is 30.4 Å². The Morgan fingerprint density at radius 2 is 1.95 bits per heavy atom. The molecule has 0 unspecified atom stereocenters. The van der Waals surface area contributed by atoms with Crippen molar-refractivity contribution in [3.8, 4) is 17.0 Å². The van der Waals surface area contributed by atoms with E-state index in [1.54, 1.807) is 0 Å². The molecule has 4 rings (SSSR count). The molecule has 0 radical (unpaired) electrons. The molecule has 0 spiro atoms. The lowest BCUT2D eigenvalue weighted by Gasteiger charge is -2.34. The van der Waals surface area contributed by atoms with Crippen molar-refractivity contribution in [1.82, 2.24) is 14.7 Å². The quantitative estimate of drug-likeness (QED) is 0.499. The molecule has 1 atom stereocenters. The fourth-order valence-corrected chi connectivity index (χ4v) is 5.70. The number of sulfonamides is 1. The summed E-state index contributed by atoms with van der Waals surface area (Å²) in [6.45, 7) is 6.41. The van der Waals surface area contributed by atoms with Crippen LogP contribution in [0, 0.1) is 17.6 Å². The molecule has 9 nitrogen and oxygen atoms in total. The van der Waals surface area contributed by atoms with Crippen molar-refractivity contribution in [2.75, 3.05) is 18.6 Å². The van der Waals surface area contributed by atoms with Crippen molar-refractivity contribution in [3.63, 3.8) is 0 Å². The summed E-state index contributed by atoms with van der Waals surface area (Å²) >= 11 is 0. The number of carbonyl (C=O) groups is 1. The van der Waals surface area contributed by atoms with Gasteiger partial charge in [-0.1, -0.05) is 6.92 Å². The minimum absolute atomic E-state index is 0.0447. The minimum atomic E-state index is -4.51. The highest BCUT2D eigenvalue weighted by Crippen LogP contribution is 2.39. The number of carbonyl (C=O) groups excluding carboxylic acids is 1. The third-order valence-corrected chi connectivity index (χ3v) is 7.62. The molecule has 2 aromatic heterocycles. The second-order valence-corrected chi connectivity index (χ2v) is 11.2. The lowest BCUT2D eigenvalue weighted by Crippen LogP contribution is -2.41. The van der Waals surface area contributed by atoms with Gasteiger partial charge < -0.3 is 14.6 Å². The summed E-state index contributed by atoms with van der Waals surface area (Å²) in [5, 5.41) is 0. The Morgan fingerprint density at radius 3 is 2.57 bits per heavy atom. The number of anilines is 1. The average Bonchev–Trinajstić information content (AvgIpc) is 3.11. The zero-order chi connectivity index (χ0) is 27.1. The summed E-state index contributed by atoms with van der Waals surface area (Å²) < 4.78 is 61.6. The van der Waals surface area contributed by atoms with Gasteiger partial charge in [-0.25, -0.2) is 26.9 Å². The number of hydrogen-bond donors (Lipinski definition) is 2. The van der Waals surface area contributed by atoms with Crippen LogP contribution in [0.4, 0.5) is 14.6 Å². The van der Waals surface area contributed by atoms with Crippen molar-refractivity contribution in [2.45, 2.75) is 37.6 Å². The molecule has 3 aromatic rings. The first kappa shape index (κ1) is 26.3. The molecular formula is C25H26F2N4O5S. The zero-order valence-corrected chi connectivity index (χ0v) is 21.4. The van der Waals surface area contributed by atoms with Gasteiger partial charge in [0.25, 0.3) is 21.5 Å². The Morgan fingerprint density at radius 1 is 1.22 bits per heavy atom. The topological polar surface area (TPSA) is 121 Å². The number of hydrogen-bond acceptors (Lipinski definition) is 7. The van der Waals surface area contributed by atoms with Gasteiger partial charge in [0.15, 0.2) is 16.5 Å². The monoisotopic (exact) mass is 532 g/mol. The molecule has 0 saturated carbocycles. The first-order valence-corrected chi connectivity index (χ1v) is 12.9. The molecule has 12 heteroatoms. The van der Waals surface area contributed by atoms with E-state index >= 15 is 0 Å². The number of benzene rings is 1. The zero-order valence-electron chi connectivity index (χ0n) is 20.6. The number of aromatic nitrogens is 2. The molecule has 1 fully saturated rings. The number of rotatable bonds is 6. The predicted octanol–water partition coefficient (Wildman–Crippen LogP) is 3.47. The summed E-state index contributed by atoms with van der Waals surface area (Å²) in [5.41, 5.74) is -1.57. The van der Waals surface area contributed by atoms with Crippen LogP contribution in [0.2, 0.25) is 0 Å². The first-order valence-electron chi connectivity index (χ1n) is 11.4. The van der Waals surface area contributed by atoms with Gasteiger partial charge in [0.1, 0.15) is 11.6 Å². The lowest BCUT2D eigenvalue weighted by atomic mass is 9.97. The van der Waals surface area contributed by atoms with E-state index in [2.05, 4.69) is 9.97 Å². The number of halogens is 2. The molecular weight excluding hydrogens is 506 g/mol. The van der Waals surface area contributed by atoms with Gasteiger partial charge in [0.05, 0.1) is 18.4 Å². The molecule has 0 aliphatic carbocycles. The number of ether oxygens (including phenoxy) is 1. The number of pyridine rings is 2. The third kappa shape index (κ3) is 5.06. The van der Waals surface area contributed by atoms with Gasteiger partial charge in [-0.15, -0.1) is 0 Å². The van der Waals surface area contributed by atoms with Crippen LogP contribution in [0.15, 0.2) is 52.3 Å². The van der Waals surface area contributed by atoms with Crippen LogP contribution in [-0.4, -0.2) is 43.5 Å². The summed E-state index contributed by atoms with van der Waals surface area (Å²) in [7, 11) is -3.30. The van der Waals surface area contributed by atoms with E-state index in [1.165, 1.54) is 31.5 Å². The fraction of sp³-hybridized carbons (Fsp3) is 0.320. The van der Waals surface area contributed by atoms with Crippen LogP contribution in [0.25, 0.3) is 11.3 Å². The summed E-state index contributed by atoms with van der Waals surface area (Å²) in [4.78, 5) is 33.2. The summed E-state index contributed by atoms with van der Waals surface area (Å²) in [5.74, 6) is -2.54. The number of aromatic amines is 1. The Balaban J connectivity index is 1.83. The Labute approximate surface area is 212 Å². The predicted molar refractivity (Wildman–Crippen MR) is 133 cm³/mol. The number of H-pyrrole nitrogens is 1. The highest BCUT2D eigenvalue weighted by atomic mass is 32.2. The van der Waals surface area contributed by atoms with Crippen LogP contribution in [0.5, 0.6) is 5.75 Å². The maximum absolute atomic E-state index is 14.8. The molecule has 37 heavy (non-hydrogen) atoms. The maximum atomic E-state index is 14.8. The summed E-state index contributed by atoms with van der Waals surface area (Å²) in [6.07, 6.45) is 2.02. The Hall–Kier alpha value is -3.80. The van der Waals surface area contributed by atoms with E-state index in [4.69, 9.17) is 4.74 Å². The molecule has 1 aliphatic heterocycles.